The number of amides is 2. The first kappa shape index (κ1) is 10.2. The average Bonchev–Trinajstić information content (AvgIpc) is 2.52. The van der Waals surface area contributed by atoms with Crippen LogP contribution in [0, 0.1) is 6.07 Å². The van der Waals surface area contributed by atoms with Crippen molar-refractivity contribution in [1.29, 1.82) is 0 Å². The molecule has 0 aliphatic heterocycles. The minimum absolute atomic E-state index is 0.101. The fourth-order valence-corrected chi connectivity index (χ4v) is 0.824. The molecule has 0 aliphatic rings. The Labute approximate surface area is 81.3 Å². The molecule has 1 rings (SSSR count). The molecular weight excluding hydrogens is 184 g/mol. The van der Waals surface area contributed by atoms with Crippen molar-refractivity contribution in [2.24, 2.45) is 5.73 Å². The number of primary amides is 1. The number of nitrogens with zero attached hydrogens (tertiary/aromatic N) is 3. The molecule has 14 heavy (non-hydrogen) atoms. The Bertz CT molecular complexity index is 356. The molecule has 1 aromatic heterocycles. The highest BCUT2D eigenvalue weighted by Gasteiger charge is 2.09. The first-order valence-corrected chi connectivity index (χ1v) is 3.97. The lowest BCUT2D eigenvalue weighted by molar-refractivity contribution is -0.128. The minimum Gasteiger partial charge on any atom is -0.350 e. The normalized spacial score (nSPS) is 9.86. The van der Waals surface area contributed by atoms with E-state index in [2.05, 4.69) is 11.2 Å². The standard InChI is InChI=1S/C8H11N4O2/c1-11(2)7(13)5-6-3-4-12(10-6)8(9)14/h4H,5H2,1-2H3,(H2,9,14). The third-order valence-corrected chi connectivity index (χ3v) is 1.63. The zero-order valence-electron chi connectivity index (χ0n) is 8.02. The van der Waals surface area contributed by atoms with Crippen molar-refractivity contribution in [3.63, 3.8) is 0 Å². The molecule has 1 radical (unpaired) electrons. The highest BCUT2D eigenvalue weighted by molar-refractivity contribution is 5.78. The van der Waals surface area contributed by atoms with Gasteiger partial charge in [-0.3, -0.25) is 4.79 Å². The number of carbonyl (C=O) groups is 2. The van der Waals surface area contributed by atoms with Gasteiger partial charge in [0.05, 0.1) is 12.1 Å². The van der Waals surface area contributed by atoms with E-state index in [9.17, 15) is 9.59 Å². The molecule has 75 valence electrons. The molecule has 0 saturated carbocycles. The second-order valence-corrected chi connectivity index (χ2v) is 2.97. The third-order valence-electron chi connectivity index (χ3n) is 1.63. The summed E-state index contributed by atoms with van der Waals surface area (Å²) in [5, 5.41) is 3.77. The Morgan fingerprint density at radius 2 is 2.29 bits per heavy atom. The largest absolute Gasteiger partial charge is 0.350 e. The van der Waals surface area contributed by atoms with Crippen LogP contribution in [-0.4, -0.2) is 40.7 Å². The SMILES string of the molecule is CN(C)C(=O)Cc1[c]cn(C(N)=O)n1. The summed E-state index contributed by atoms with van der Waals surface area (Å²) in [6.07, 6.45) is 1.42. The van der Waals surface area contributed by atoms with Crippen molar-refractivity contribution < 1.29 is 9.59 Å². The monoisotopic (exact) mass is 195 g/mol. The van der Waals surface area contributed by atoms with Crippen LogP contribution >= 0.6 is 0 Å². The summed E-state index contributed by atoms with van der Waals surface area (Å²) in [7, 11) is 3.29. The Morgan fingerprint density at radius 1 is 1.64 bits per heavy atom. The maximum absolute atomic E-state index is 11.2. The summed E-state index contributed by atoms with van der Waals surface area (Å²) < 4.78 is 0.943. The maximum Gasteiger partial charge on any atom is 0.339 e. The average molecular weight is 195 g/mol. The summed E-state index contributed by atoms with van der Waals surface area (Å²) >= 11 is 0. The highest BCUT2D eigenvalue weighted by atomic mass is 16.2. The zero-order valence-corrected chi connectivity index (χ0v) is 8.02. The van der Waals surface area contributed by atoms with Crippen LogP contribution in [0.1, 0.15) is 5.69 Å². The van der Waals surface area contributed by atoms with Gasteiger partial charge in [-0.2, -0.15) is 9.78 Å². The third kappa shape index (κ3) is 2.32. The number of likely N-dealkylation sites (N-methyl/N-ethyl adjacent to an activating group) is 1. The van der Waals surface area contributed by atoms with Crippen molar-refractivity contribution in [2.45, 2.75) is 6.42 Å². The number of nitrogens with two attached hydrogens (primary N) is 1. The van der Waals surface area contributed by atoms with Crippen molar-refractivity contribution >= 4 is 11.9 Å². The van der Waals surface area contributed by atoms with Gasteiger partial charge >= 0.3 is 6.03 Å². The number of carbonyl (C=O) groups excluding carboxylic acids is 2. The molecule has 0 spiro atoms. The van der Waals surface area contributed by atoms with Crippen molar-refractivity contribution in [3.8, 4) is 0 Å². The lowest BCUT2D eigenvalue weighted by atomic mass is 10.3. The molecule has 1 aromatic rings. The fraction of sp³-hybridized carbons (Fsp3) is 0.375. The zero-order chi connectivity index (χ0) is 10.7. The summed E-state index contributed by atoms with van der Waals surface area (Å²) in [5.41, 5.74) is 5.37. The molecule has 2 amide bonds. The molecule has 0 atom stereocenters. The topological polar surface area (TPSA) is 81.2 Å². The second kappa shape index (κ2) is 3.91. The quantitative estimate of drug-likeness (QED) is 0.673. The van der Waals surface area contributed by atoms with E-state index in [4.69, 9.17) is 5.73 Å². The van der Waals surface area contributed by atoms with E-state index in [1.807, 2.05) is 0 Å². The molecule has 0 unspecified atom stereocenters. The number of hydrogen-bond donors (Lipinski definition) is 1. The van der Waals surface area contributed by atoms with Crippen LogP contribution in [0.2, 0.25) is 0 Å². The van der Waals surface area contributed by atoms with Gasteiger partial charge in [-0.25, -0.2) is 4.79 Å². The van der Waals surface area contributed by atoms with E-state index in [0.717, 1.165) is 4.68 Å². The van der Waals surface area contributed by atoms with Gasteiger partial charge in [0, 0.05) is 26.4 Å². The second-order valence-electron chi connectivity index (χ2n) is 2.97. The Kier molecular flexibility index (Phi) is 2.85. The summed E-state index contributed by atoms with van der Waals surface area (Å²) in [4.78, 5) is 23.3. The van der Waals surface area contributed by atoms with Gasteiger partial charge in [0.25, 0.3) is 0 Å². The molecule has 0 bridgehead atoms. The predicted octanol–water partition coefficient (Wildman–Crippen LogP) is -0.759. The van der Waals surface area contributed by atoms with Gasteiger partial charge in [-0.05, 0) is 0 Å². The van der Waals surface area contributed by atoms with Crippen LogP contribution < -0.4 is 5.73 Å². The van der Waals surface area contributed by atoms with E-state index in [1.165, 1.54) is 11.1 Å². The van der Waals surface area contributed by atoms with Crippen LogP contribution in [-0.2, 0) is 11.2 Å². The number of rotatable bonds is 2. The highest BCUT2D eigenvalue weighted by Crippen LogP contribution is 1.97. The maximum atomic E-state index is 11.2. The van der Waals surface area contributed by atoms with Crippen LogP contribution in [0.4, 0.5) is 4.79 Å². The van der Waals surface area contributed by atoms with Crippen LogP contribution in [0.25, 0.3) is 0 Å². The lowest BCUT2D eigenvalue weighted by Gasteiger charge is -2.07. The molecule has 6 heteroatoms. The van der Waals surface area contributed by atoms with E-state index in [1.54, 1.807) is 14.1 Å². The molecule has 0 saturated heterocycles. The van der Waals surface area contributed by atoms with E-state index in [-0.39, 0.29) is 12.3 Å². The summed E-state index contributed by atoms with van der Waals surface area (Å²) in [6, 6.07) is 1.99. The van der Waals surface area contributed by atoms with Crippen LogP contribution in [0.5, 0.6) is 0 Å². The molecule has 1 heterocycles. The number of aromatic nitrogens is 2. The lowest BCUT2D eigenvalue weighted by Crippen LogP contribution is -2.24. The molecule has 0 fully saturated rings. The van der Waals surface area contributed by atoms with Gasteiger partial charge in [0.2, 0.25) is 5.91 Å². The molecule has 0 aliphatic carbocycles. The van der Waals surface area contributed by atoms with Crippen LogP contribution in [0.15, 0.2) is 6.20 Å². The molecule has 0 aromatic carbocycles. The van der Waals surface area contributed by atoms with E-state index < -0.39 is 6.03 Å². The summed E-state index contributed by atoms with van der Waals surface area (Å²) in [6.45, 7) is 0. The van der Waals surface area contributed by atoms with Crippen LogP contribution in [0.3, 0.4) is 0 Å². The Morgan fingerprint density at radius 3 is 2.71 bits per heavy atom. The van der Waals surface area contributed by atoms with Crippen molar-refractivity contribution in [1.82, 2.24) is 14.7 Å². The van der Waals surface area contributed by atoms with Gasteiger partial charge in [0.15, 0.2) is 0 Å². The van der Waals surface area contributed by atoms with E-state index >= 15 is 0 Å². The van der Waals surface area contributed by atoms with Crippen molar-refractivity contribution in [3.05, 3.63) is 18.0 Å². The molecular formula is C8H11N4O2. The predicted molar refractivity (Wildman–Crippen MR) is 48.4 cm³/mol. The number of hydrogen-bond acceptors (Lipinski definition) is 3. The van der Waals surface area contributed by atoms with E-state index in [0.29, 0.717) is 5.69 Å². The van der Waals surface area contributed by atoms with Gasteiger partial charge in [-0.1, -0.05) is 0 Å². The van der Waals surface area contributed by atoms with Gasteiger partial charge < -0.3 is 10.6 Å². The Balaban J connectivity index is 2.69. The first-order chi connectivity index (χ1) is 6.50. The Hall–Kier alpha value is -1.85. The smallest absolute Gasteiger partial charge is 0.339 e. The van der Waals surface area contributed by atoms with Crippen molar-refractivity contribution in [2.75, 3.05) is 14.1 Å². The molecule has 6 nitrogen and oxygen atoms in total. The minimum atomic E-state index is -0.690. The van der Waals surface area contributed by atoms with Gasteiger partial charge in [-0.15, -0.1) is 0 Å². The molecule has 2 N–H and O–H groups in total. The fourth-order valence-electron chi connectivity index (χ4n) is 0.824. The van der Waals surface area contributed by atoms with Gasteiger partial charge in [0.1, 0.15) is 0 Å². The first-order valence-electron chi connectivity index (χ1n) is 3.97. The summed E-state index contributed by atoms with van der Waals surface area (Å²) in [5.74, 6) is -0.101.